The highest BCUT2D eigenvalue weighted by Gasteiger charge is 2.14. The zero-order chi connectivity index (χ0) is 21.7. The molecule has 0 aliphatic heterocycles. The number of ether oxygens (including phenoxy) is 2. The predicted octanol–water partition coefficient (Wildman–Crippen LogP) is 4.83. The average molecular weight is 402 g/mol. The van der Waals surface area contributed by atoms with E-state index in [1.165, 1.54) is 48.5 Å². The smallest absolute Gasteiger partial charge is 0.271 e. The lowest BCUT2D eigenvalue weighted by Gasteiger charge is -2.10. The number of benzene rings is 3. The largest absolute Gasteiger partial charge is 0.456 e. The summed E-state index contributed by atoms with van der Waals surface area (Å²) >= 11 is 0. The van der Waals surface area contributed by atoms with Crippen molar-refractivity contribution in [2.24, 2.45) is 0 Å². The van der Waals surface area contributed by atoms with Crippen LogP contribution in [0.3, 0.4) is 0 Å². The van der Waals surface area contributed by atoms with Crippen molar-refractivity contribution >= 4 is 11.4 Å². The van der Waals surface area contributed by atoms with Crippen molar-refractivity contribution in [1.82, 2.24) is 0 Å². The van der Waals surface area contributed by atoms with Gasteiger partial charge in [-0.15, -0.1) is 0 Å². The first-order valence-corrected chi connectivity index (χ1v) is 8.24. The van der Waals surface area contributed by atoms with Gasteiger partial charge in [0.25, 0.3) is 11.4 Å². The fourth-order valence-corrected chi connectivity index (χ4v) is 2.45. The van der Waals surface area contributed by atoms with E-state index in [9.17, 15) is 30.8 Å². The quantitative estimate of drug-likeness (QED) is 0.419. The van der Waals surface area contributed by atoms with Crippen LogP contribution < -0.4 is 9.47 Å². The van der Waals surface area contributed by atoms with Crippen LogP contribution in [0.1, 0.15) is 11.1 Å². The van der Waals surface area contributed by atoms with Crippen molar-refractivity contribution in [2.75, 3.05) is 0 Å². The van der Waals surface area contributed by atoms with E-state index in [-0.39, 0.29) is 34.0 Å². The van der Waals surface area contributed by atoms with Crippen molar-refractivity contribution in [3.05, 3.63) is 92.0 Å². The van der Waals surface area contributed by atoms with Crippen LogP contribution in [0.15, 0.2) is 60.7 Å². The van der Waals surface area contributed by atoms with Gasteiger partial charge in [-0.25, -0.2) is 0 Å². The Hall–Kier alpha value is -4.96. The number of nitro benzene ring substituents is 2. The van der Waals surface area contributed by atoms with Gasteiger partial charge < -0.3 is 9.47 Å². The molecule has 0 saturated carbocycles. The lowest BCUT2D eigenvalue weighted by molar-refractivity contribution is -0.385. The zero-order valence-electron chi connectivity index (χ0n) is 15.0. The van der Waals surface area contributed by atoms with Gasteiger partial charge in [-0.3, -0.25) is 20.2 Å². The molecule has 146 valence electrons. The minimum atomic E-state index is -0.607. The first-order chi connectivity index (χ1) is 14.4. The highest BCUT2D eigenvalue weighted by molar-refractivity contribution is 5.53. The van der Waals surface area contributed by atoms with Crippen molar-refractivity contribution in [2.45, 2.75) is 0 Å². The third-order valence-corrected chi connectivity index (χ3v) is 3.87. The molecular weight excluding hydrogens is 392 g/mol. The molecule has 0 spiro atoms. The minimum absolute atomic E-state index is 0.00840. The molecule has 0 aliphatic rings. The van der Waals surface area contributed by atoms with Crippen LogP contribution in [0.5, 0.6) is 23.0 Å². The molecule has 0 bridgehead atoms. The van der Waals surface area contributed by atoms with Gasteiger partial charge in [0, 0.05) is 24.3 Å². The number of nitrogens with zero attached hydrogens (tertiary/aromatic N) is 4. The van der Waals surface area contributed by atoms with E-state index in [4.69, 9.17) is 9.47 Å². The van der Waals surface area contributed by atoms with Crippen LogP contribution in [0.25, 0.3) is 0 Å². The van der Waals surface area contributed by atoms with Crippen molar-refractivity contribution in [1.29, 1.82) is 10.5 Å². The third-order valence-electron chi connectivity index (χ3n) is 3.87. The Morgan fingerprint density at radius 1 is 0.667 bits per heavy atom. The van der Waals surface area contributed by atoms with Crippen LogP contribution in [-0.2, 0) is 0 Å². The number of rotatable bonds is 6. The van der Waals surface area contributed by atoms with E-state index >= 15 is 0 Å². The monoisotopic (exact) mass is 402 g/mol. The summed E-state index contributed by atoms with van der Waals surface area (Å²) in [5.41, 5.74) is -0.429. The van der Waals surface area contributed by atoms with Gasteiger partial charge in [-0.05, 0) is 36.4 Å². The topological polar surface area (TPSA) is 152 Å². The molecule has 0 atom stereocenters. The molecule has 0 fully saturated rings. The Morgan fingerprint density at radius 3 is 1.33 bits per heavy atom. The molecule has 0 saturated heterocycles. The highest BCUT2D eigenvalue weighted by atomic mass is 16.6. The lowest BCUT2D eigenvalue weighted by atomic mass is 10.2. The van der Waals surface area contributed by atoms with Crippen molar-refractivity contribution in [3.63, 3.8) is 0 Å². The third kappa shape index (κ3) is 4.30. The Balaban J connectivity index is 1.78. The first kappa shape index (κ1) is 19.8. The van der Waals surface area contributed by atoms with E-state index in [0.29, 0.717) is 11.5 Å². The van der Waals surface area contributed by atoms with Gasteiger partial charge in [0.2, 0.25) is 0 Å². The van der Waals surface area contributed by atoms with Crippen molar-refractivity contribution < 1.29 is 19.3 Å². The Labute approximate surface area is 169 Å². The molecule has 0 heterocycles. The van der Waals surface area contributed by atoms with E-state index in [1.54, 1.807) is 0 Å². The summed E-state index contributed by atoms with van der Waals surface area (Å²) < 4.78 is 11.2. The van der Waals surface area contributed by atoms with Gasteiger partial charge in [0.05, 0.1) is 9.85 Å². The van der Waals surface area contributed by atoms with E-state index in [1.807, 2.05) is 12.1 Å². The summed E-state index contributed by atoms with van der Waals surface area (Å²) in [4.78, 5) is 20.4. The van der Waals surface area contributed by atoms with Crippen LogP contribution in [0, 0.1) is 42.9 Å². The minimum Gasteiger partial charge on any atom is -0.456 e. The maximum Gasteiger partial charge on any atom is 0.271 e. The second kappa shape index (κ2) is 8.37. The van der Waals surface area contributed by atoms with Gasteiger partial charge in [0.1, 0.15) is 46.3 Å². The first-order valence-electron chi connectivity index (χ1n) is 8.24. The molecule has 0 amide bonds. The number of hydrogen-bond acceptors (Lipinski definition) is 8. The number of non-ortho nitro benzene ring substituents is 2. The molecule has 30 heavy (non-hydrogen) atoms. The summed E-state index contributed by atoms with van der Waals surface area (Å²) in [5, 5.41) is 40.0. The number of nitro groups is 2. The van der Waals surface area contributed by atoms with Gasteiger partial charge in [-0.1, -0.05) is 0 Å². The Bertz CT molecular complexity index is 1130. The molecule has 0 N–H and O–H groups in total. The second-order valence-corrected chi connectivity index (χ2v) is 5.77. The molecule has 3 rings (SSSR count). The Morgan fingerprint density at radius 2 is 1.03 bits per heavy atom. The van der Waals surface area contributed by atoms with Crippen LogP contribution in [-0.4, -0.2) is 9.85 Å². The Kier molecular flexibility index (Phi) is 5.52. The van der Waals surface area contributed by atoms with Crippen LogP contribution in [0.4, 0.5) is 11.4 Å². The molecule has 0 aliphatic carbocycles. The maximum atomic E-state index is 10.8. The average Bonchev–Trinajstić information content (AvgIpc) is 2.75. The van der Waals surface area contributed by atoms with Gasteiger partial charge >= 0.3 is 0 Å². The van der Waals surface area contributed by atoms with E-state index in [2.05, 4.69) is 0 Å². The fourth-order valence-electron chi connectivity index (χ4n) is 2.45. The normalized spacial score (nSPS) is 9.80. The van der Waals surface area contributed by atoms with Gasteiger partial charge in [-0.2, -0.15) is 10.5 Å². The number of nitriles is 2. The summed E-state index contributed by atoms with van der Waals surface area (Å²) in [5.74, 6) is 0.992. The molecular formula is C20H10N4O6. The molecule has 3 aromatic carbocycles. The summed E-state index contributed by atoms with van der Waals surface area (Å²) in [6, 6.07) is 17.2. The van der Waals surface area contributed by atoms with Gasteiger partial charge in [0.15, 0.2) is 0 Å². The maximum absolute atomic E-state index is 10.8. The van der Waals surface area contributed by atoms with Crippen LogP contribution in [0.2, 0.25) is 0 Å². The highest BCUT2D eigenvalue weighted by Crippen LogP contribution is 2.32. The second-order valence-electron chi connectivity index (χ2n) is 5.77. The molecule has 10 heteroatoms. The van der Waals surface area contributed by atoms with E-state index in [0.717, 1.165) is 12.1 Å². The fraction of sp³-hybridized carbons (Fsp3) is 0. The standard InChI is InChI=1S/C20H10N4O6/c21-11-13-9-15(23(25)26)1-7-19(13)29-17-3-5-18(6-4-17)30-20-8-2-16(24(27)28)10-14(20)12-22/h1-10H. The zero-order valence-corrected chi connectivity index (χ0v) is 15.0. The van der Waals surface area contributed by atoms with Crippen LogP contribution >= 0.6 is 0 Å². The molecule has 0 aromatic heterocycles. The molecule has 0 radical (unpaired) electrons. The molecule has 3 aromatic rings. The summed E-state index contributed by atoms with van der Waals surface area (Å²) in [6.07, 6.45) is 0. The molecule has 10 nitrogen and oxygen atoms in total. The SMILES string of the molecule is N#Cc1cc([N+](=O)[O-])ccc1Oc1ccc(Oc2ccc([N+](=O)[O-])cc2C#N)cc1. The van der Waals surface area contributed by atoms with E-state index < -0.39 is 9.85 Å². The molecule has 0 unspecified atom stereocenters. The van der Waals surface area contributed by atoms with Crippen molar-refractivity contribution in [3.8, 4) is 35.1 Å². The predicted molar refractivity (Wildman–Crippen MR) is 102 cm³/mol. The lowest BCUT2D eigenvalue weighted by Crippen LogP contribution is -1.93. The summed E-state index contributed by atoms with van der Waals surface area (Å²) in [7, 11) is 0. The number of hydrogen-bond donors (Lipinski definition) is 0. The summed E-state index contributed by atoms with van der Waals surface area (Å²) in [6.45, 7) is 0.